The number of fused-ring (bicyclic) bond motifs is 1. The molecule has 30 heavy (non-hydrogen) atoms. The summed E-state index contributed by atoms with van der Waals surface area (Å²) in [5.41, 5.74) is 0.561. The van der Waals surface area contributed by atoms with Crippen molar-refractivity contribution in [1.82, 2.24) is 4.98 Å². The minimum atomic E-state index is -4.57. The van der Waals surface area contributed by atoms with Gasteiger partial charge >= 0.3 is 6.18 Å². The van der Waals surface area contributed by atoms with Gasteiger partial charge in [0.05, 0.1) is 18.2 Å². The summed E-state index contributed by atoms with van der Waals surface area (Å²) in [6.07, 6.45) is -3.34. The van der Waals surface area contributed by atoms with Gasteiger partial charge in [-0.05, 0) is 23.8 Å². The molecule has 3 nitrogen and oxygen atoms in total. The third-order valence-corrected chi connectivity index (χ3v) is 4.84. The number of para-hydroxylation sites is 1. The molecule has 0 saturated heterocycles. The SMILES string of the molecule is COc1cccc(-c2c(C(=O)c3ccccc3)cnc3c(C(F)(F)F)cccc23)c1. The first-order valence-electron chi connectivity index (χ1n) is 9.13. The van der Waals surface area contributed by atoms with Gasteiger partial charge in [-0.25, -0.2) is 0 Å². The Hall–Kier alpha value is -3.67. The van der Waals surface area contributed by atoms with Crippen LogP contribution in [0.15, 0.2) is 79.0 Å². The van der Waals surface area contributed by atoms with Gasteiger partial charge < -0.3 is 4.74 Å². The van der Waals surface area contributed by atoms with Crippen molar-refractivity contribution < 1.29 is 22.7 Å². The van der Waals surface area contributed by atoms with Crippen LogP contribution in [0, 0.1) is 0 Å². The normalized spacial score (nSPS) is 11.5. The molecule has 0 aliphatic heterocycles. The van der Waals surface area contributed by atoms with Crippen molar-refractivity contribution >= 4 is 16.7 Å². The average Bonchev–Trinajstić information content (AvgIpc) is 2.77. The van der Waals surface area contributed by atoms with E-state index >= 15 is 0 Å². The zero-order valence-electron chi connectivity index (χ0n) is 15.9. The molecule has 0 fully saturated rings. The highest BCUT2D eigenvalue weighted by atomic mass is 19.4. The van der Waals surface area contributed by atoms with Crippen LogP contribution in [0.3, 0.4) is 0 Å². The molecule has 1 aromatic heterocycles. The number of hydrogen-bond donors (Lipinski definition) is 0. The molecule has 0 unspecified atom stereocenters. The number of rotatable bonds is 4. The number of pyridine rings is 1. The van der Waals surface area contributed by atoms with Crippen LogP contribution in [0.5, 0.6) is 5.75 Å². The molecule has 0 aliphatic carbocycles. The highest BCUT2D eigenvalue weighted by Gasteiger charge is 2.34. The average molecular weight is 407 g/mol. The van der Waals surface area contributed by atoms with Gasteiger partial charge in [-0.1, -0.05) is 54.6 Å². The first-order chi connectivity index (χ1) is 14.4. The van der Waals surface area contributed by atoms with Crippen LogP contribution >= 0.6 is 0 Å². The van der Waals surface area contributed by atoms with Crippen molar-refractivity contribution in [1.29, 1.82) is 0 Å². The number of halogens is 3. The van der Waals surface area contributed by atoms with Crippen LogP contribution in [-0.2, 0) is 6.18 Å². The molecule has 0 N–H and O–H groups in total. The molecule has 6 heteroatoms. The lowest BCUT2D eigenvalue weighted by molar-refractivity contribution is -0.136. The Morgan fingerprint density at radius 1 is 0.933 bits per heavy atom. The fourth-order valence-corrected chi connectivity index (χ4v) is 3.46. The lowest BCUT2D eigenvalue weighted by atomic mass is 9.91. The lowest BCUT2D eigenvalue weighted by Crippen LogP contribution is -2.09. The second kappa shape index (κ2) is 7.63. The van der Waals surface area contributed by atoms with Crippen LogP contribution in [0.25, 0.3) is 22.0 Å². The summed E-state index contributed by atoms with van der Waals surface area (Å²) >= 11 is 0. The van der Waals surface area contributed by atoms with Crippen molar-refractivity contribution in [3.05, 3.63) is 95.7 Å². The molecular formula is C24H16F3NO2. The molecule has 3 aromatic carbocycles. The quantitative estimate of drug-likeness (QED) is 0.380. The number of methoxy groups -OCH3 is 1. The molecule has 4 rings (SSSR count). The molecular weight excluding hydrogens is 391 g/mol. The molecule has 0 aliphatic rings. The van der Waals surface area contributed by atoms with E-state index in [1.165, 1.54) is 19.4 Å². The van der Waals surface area contributed by atoms with Crippen molar-refractivity contribution in [3.63, 3.8) is 0 Å². The van der Waals surface area contributed by atoms with E-state index in [0.29, 0.717) is 22.4 Å². The Labute approximate surface area is 170 Å². The summed E-state index contributed by atoms with van der Waals surface area (Å²) in [5, 5.41) is 0.250. The first-order valence-corrected chi connectivity index (χ1v) is 9.13. The Morgan fingerprint density at radius 3 is 2.37 bits per heavy atom. The van der Waals surface area contributed by atoms with E-state index < -0.39 is 11.7 Å². The molecule has 150 valence electrons. The van der Waals surface area contributed by atoms with Crippen molar-refractivity contribution in [2.75, 3.05) is 7.11 Å². The number of aromatic nitrogens is 1. The predicted molar refractivity (Wildman–Crippen MR) is 109 cm³/mol. The van der Waals surface area contributed by atoms with Crippen LogP contribution in [0.1, 0.15) is 21.5 Å². The Kier molecular flexibility index (Phi) is 4.99. The Bertz CT molecular complexity index is 1230. The molecule has 0 spiro atoms. The fraction of sp³-hybridized carbons (Fsp3) is 0.0833. The second-order valence-electron chi connectivity index (χ2n) is 6.67. The van der Waals surface area contributed by atoms with Gasteiger partial charge in [0.15, 0.2) is 5.78 Å². The van der Waals surface area contributed by atoms with Gasteiger partial charge in [0.25, 0.3) is 0 Å². The smallest absolute Gasteiger partial charge is 0.418 e. The topological polar surface area (TPSA) is 39.2 Å². The molecule has 0 bridgehead atoms. The summed E-state index contributed by atoms with van der Waals surface area (Å²) in [7, 11) is 1.50. The summed E-state index contributed by atoms with van der Waals surface area (Å²) < 4.78 is 46.0. The van der Waals surface area contributed by atoms with E-state index in [4.69, 9.17) is 4.74 Å². The van der Waals surface area contributed by atoms with E-state index in [2.05, 4.69) is 4.98 Å². The zero-order chi connectivity index (χ0) is 21.3. The maximum Gasteiger partial charge on any atom is 0.418 e. The standard InChI is InChI=1S/C24H16F3NO2/c1-30-17-10-5-9-16(13-17)21-18-11-6-12-20(24(25,26)27)22(18)28-14-19(21)23(29)15-7-3-2-4-8-15/h2-14H,1H3. The minimum Gasteiger partial charge on any atom is -0.497 e. The van der Waals surface area contributed by atoms with Gasteiger partial charge in [-0.2, -0.15) is 13.2 Å². The number of ketones is 1. The number of carbonyl (C=O) groups excluding carboxylic acids is 1. The number of carbonyl (C=O) groups is 1. The van der Waals surface area contributed by atoms with Crippen LogP contribution in [0.2, 0.25) is 0 Å². The molecule has 0 atom stereocenters. The van der Waals surface area contributed by atoms with Gasteiger partial charge in [-0.3, -0.25) is 9.78 Å². The maximum absolute atomic E-state index is 13.6. The number of hydrogen-bond acceptors (Lipinski definition) is 3. The predicted octanol–water partition coefficient (Wildman–Crippen LogP) is 6.16. The lowest BCUT2D eigenvalue weighted by Gasteiger charge is -2.16. The van der Waals surface area contributed by atoms with E-state index in [9.17, 15) is 18.0 Å². The Balaban J connectivity index is 2.06. The fourth-order valence-electron chi connectivity index (χ4n) is 3.46. The maximum atomic E-state index is 13.6. The number of ether oxygens (including phenoxy) is 1. The minimum absolute atomic E-state index is 0.201. The molecule has 0 radical (unpaired) electrons. The molecule has 1 heterocycles. The largest absolute Gasteiger partial charge is 0.497 e. The van der Waals surface area contributed by atoms with E-state index in [-0.39, 0.29) is 22.2 Å². The van der Waals surface area contributed by atoms with Gasteiger partial charge in [0.1, 0.15) is 5.75 Å². The van der Waals surface area contributed by atoms with Gasteiger partial charge in [-0.15, -0.1) is 0 Å². The Morgan fingerprint density at radius 2 is 1.67 bits per heavy atom. The third kappa shape index (κ3) is 3.52. The summed E-state index contributed by atoms with van der Waals surface area (Å²) in [6, 6.07) is 19.3. The molecule has 0 amide bonds. The highest BCUT2D eigenvalue weighted by molar-refractivity contribution is 6.16. The zero-order valence-corrected chi connectivity index (χ0v) is 15.9. The van der Waals surface area contributed by atoms with E-state index in [1.807, 2.05) is 0 Å². The summed E-state index contributed by atoms with van der Waals surface area (Å²) in [5.74, 6) is 0.211. The first kappa shape index (κ1) is 19.6. The monoisotopic (exact) mass is 407 g/mol. The van der Waals surface area contributed by atoms with Gasteiger partial charge in [0, 0.05) is 28.3 Å². The van der Waals surface area contributed by atoms with E-state index in [0.717, 1.165) is 6.07 Å². The summed E-state index contributed by atoms with van der Waals surface area (Å²) in [6.45, 7) is 0. The number of nitrogens with zero attached hydrogens (tertiary/aromatic N) is 1. The molecule has 0 saturated carbocycles. The second-order valence-corrected chi connectivity index (χ2v) is 6.67. The van der Waals surface area contributed by atoms with Crippen LogP contribution in [-0.4, -0.2) is 17.9 Å². The number of alkyl halides is 3. The van der Waals surface area contributed by atoms with E-state index in [1.54, 1.807) is 60.7 Å². The van der Waals surface area contributed by atoms with Crippen molar-refractivity contribution in [2.45, 2.75) is 6.18 Å². The molecule has 4 aromatic rings. The van der Waals surface area contributed by atoms with Crippen LogP contribution < -0.4 is 4.74 Å². The summed E-state index contributed by atoms with van der Waals surface area (Å²) in [4.78, 5) is 17.3. The van der Waals surface area contributed by atoms with Crippen LogP contribution in [0.4, 0.5) is 13.2 Å². The third-order valence-electron chi connectivity index (χ3n) is 4.84. The highest BCUT2D eigenvalue weighted by Crippen LogP contribution is 2.39. The van der Waals surface area contributed by atoms with Crippen molar-refractivity contribution in [3.8, 4) is 16.9 Å². The van der Waals surface area contributed by atoms with Crippen molar-refractivity contribution in [2.24, 2.45) is 0 Å². The van der Waals surface area contributed by atoms with Gasteiger partial charge in [0.2, 0.25) is 0 Å². The number of benzene rings is 3.